The molecule has 0 saturated carbocycles. The van der Waals surface area contributed by atoms with Gasteiger partial charge in [-0.3, -0.25) is 9.36 Å². The number of ether oxygens (including phenoxy) is 1. The van der Waals surface area contributed by atoms with Crippen LogP contribution in [0.5, 0.6) is 0 Å². The lowest BCUT2D eigenvalue weighted by atomic mass is 9.94. The Balaban J connectivity index is 2.12. The number of nitrogens with one attached hydrogen (secondary N) is 1. The highest BCUT2D eigenvalue weighted by atomic mass is 16.6. The van der Waals surface area contributed by atoms with Crippen molar-refractivity contribution in [2.75, 3.05) is 6.61 Å². The summed E-state index contributed by atoms with van der Waals surface area (Å²) in [5.41, 5.74) is 6.93. The molecule has 1 fully saturated rings. The number of rotatable bonds is 4. The molecule has 23 heavy (non-hydrogen) atoms. The van der Waals surface area contributed by atoms with Gasteiger partial charge in [-0.25, -0.2) is 9.97 Å². The third kappa shape index (κ3) is 2.18. The van der Waals surface area contributed by atoms with Crippen LogP contribution in [0.25, 0.3) is 21.6 Å². The predicted octanol–water partition coefficient (Wildman–Crippen LogP) is 0.0344. The van der Waals surface area contributed by atoms with Crippen LogP contribution in [-0.2, 0) is 4.74 Å². The average molecular weight is 321 g/mol. The van der Waals surface area contributed by atoms with Crippen LogP contribution in [0.2, 0.25) is 0 Å². The lowest BCUT2D eigenvalue weighted by molar-refractivity contribution is -0.122. The maximum Gasteiger partial charge on any atom is 0.278 e. The Labute approximate surface area is 129 Å². The minimum atomic E-state index is -1.78. The zero-order chi connectivity index (χ0) is 16.6. The number of hydrogen-bond donors (Lipinski definition) is 3. The minimum absolute atomic E-state index is 0.130. The molecule has 0 aromatic carbocycles. The maximum atomic E-state index is 11.7. The van der Waals surface area contributed by atoms with Crippen molar-refractivity contribution in [2.45, 2.75) is 31.4 Å². The second-order valence-electron chi connectivity index (χ2n) is 5.27. The first kappa shape index (κ1) is 15.4. The molecule has 2 aromatic rings. The highest BCUT2D eigenvalue weighted by molar-refractivity contribution is 5.68. The molecule has 1 saturated heterocycles. The Hall–Kier alpha value is -2.46. The highest BCUT2D eigenvalue weighted by Gasteiger charge is 2.54. The maximum absolute atomic E-state index is 11.7. The van der Waals surface area contributed by atoms with E-state index < -0.39 is 36.1 Å². The average Bonchev–Trinajstić information content (AvgIpc) is 3.09. The molecule has 0 unspecified atom stereocenters. The van der Waals surface area contributed by atoms with Gasteiger partial charge in [-0.2, -0.15) is 0 Å². The SMILES string of the molecule is CC[C@@H]1[C@H](n2cnc3c(=O)[nH]cnc32)O[C@@](CO)(N=[N+]=[N-])[C@H]1O. The molecule has 11 heteroatoms. The van der Waals surface area contributed by atoms with E-state index in [2.05, 4.69) is 25.0 Å². The smallest absolute Gasteiger partial charge is 0.278 e. The molecular formula is C12H15N7O4. The summed E-state index contributed by atoms with van der Waals surface area (Å²) in [7, 11) is 0. The number of hydrogen-bond acceptors (Lipinski definition) is 7. The lowest BCUT2D eigenvalue weighted by Crippen LogP contribution is -2.42. The molecule has 0 radical (unpaired) electrons. The molecule has 4 atom stereocenters. The van der Waals surface area contributed by atoms with Crippen LogP contribution in [-0.4, -0.2) is 48.2 Å². The summed E-state index contributed by atoms with van der Waals surface area (Å²) in [5, 5.41) is 23.5. The summed E-state index contributed by atoms with van der Waals surface area (Å²) < 4.78 is 7.19. The molecule has 1 aliphatic rings. The van der Waals surface area contributed by atoms with E-state index in [1.54, 1.807) is 0 Å². The normalized spacial score (nSPS) is 30.5. The largest absolute Gasteiger partial charge is 0.393 e. The van der Waals surface area contributed by atoms with Gasteiger partial charge >= 0.3 is 0 Å². The van der Waals surface area contributed by atoms with Crippen molar-refractivity contribution in [1.82, 2.24) is 19.5 Å². The fraction of sp³-hybridized carbons (Fsp3) is 0.583. The van der Waals surface area contributed by atoms with E-state index in [0.29, 0.717) is 6.42 Å². The van der Waals surface area contributed by atoms with E-state index in [1.807, 2.05) is 6.92 Å². The number of aromatic nitrogens is 4. The lowest BCUT2D eigenvalue weighted by Gasteiger charge is -2.24. The van der Waals surface area contributed by atoms with Gasteiger partial charge in [0.1, 0.15) is 6.23 Å². The fourth-order valence-electron chi connectivity index (χ4n) is 2.91. The Morgan fingerprint density at radius 2 is 2.39 bits per heavy atom. The zero-order valence-electron chi connectivity index (χ0n) is 12.2. The molecule has 1 aliphatic heterocycles. The Morgan fingerprint density at radius 3 is 3.04 bits per heavy atom. The second-order valence-corrected chi connectivity index (χ2v) is 5.27. The highest BCUT2D eigenvalue weighted by Crippen LogP contribution is 2.44. The van der Waals surface area contributed by atoms with Crippen LogP contribution >= 0.6 is 0 Å². The molecule has 11 nitrogen and oxygen atoms in total. The number of imidazole rings is 1. The van der Waals surface area contributed by atoms with Gasteiger partial charge < -0.3 is 19.9 Å². The van der Waals surface area contributed by atoms with E-state index >= 15 is 0 Å². The summed E-state index contributed by atoms with van der Waals surface area (Å²) >= 11 is 0. The van der Waals surface area contributed by atoms with Gasteiger partial charge in [0.05, 0.1) is 25.4 Å². The van der Waals surface area contributed by atoms with Crippen LogP contribution in [0.1, 0.15) is 19.6 Å². The fourth-order valence-corrected chi connectivity index (χ4v) is 2.91. The van der Waals surface area contributed by atoms with Crippen molar-refractivity contribution in [3.8, 4) is 0 Å². The topological polar surface area (TPSA) is 162 Å². The summed E-state index contributed by atoms with van der Waals surface area (Å²) in [4.78, 5) is 24.9. The summed E-state index contributed by atoms with van der Waals surface area (Å²) in [6.45, 7) is 1.15. The summed E-state index contributed by atoms with van der Waals surface area (Å²) in [6.07, 6.45) is 1.10. The van der Waals surface area contributed by atoms with Crippen molar-refractivity contribution in [1.29, 1.82) is 0 Å². The van der Waals surface area contributed by atoms with Crippen LogP contribution in [0, 0.1) is 5.92 Å². The molecule has 3 N–H and O–H groups in total. The van der Waals surface area contributed by atoms with Gasteiger partial charge in [-0.05, 0) is 12.0 Å². The molecule has 3 heterocycles. The third-order valence-electron chi connectivity index (χ3n) is 4.11. The van der Waals surface area contributed by atoms with Gasteiger partial charge in [-0.1, -0.05) is 12.0 Å². The number of aliphatic hydroxyl groups is 2. The van der Waals surface area contributed by atoms with Gasteiger partial charge in [0, 0.05) is 10.8 Å². The van der Waals surface area contributed by atoms with E-state index in [1.165, 1.54) is 17.2 Å². The van der Waals surface area contributed by atoms with E-state index in [4.69, 9.17) is 10.3 Å². The molecule has 122 valence electrons. The van der Waals surface area contributed by atoms with Gasteiger partial charge in [0.25, 0.3) is 5.56 Å². The first-order valence-corrected chi connectivity index (χ1v) is 7.01. The van der Waals surface area contributed by atoms with Crippen molar-refractivity contribution >= 4 is 11.2 Å². The number of azide groups is 1. The standard InChI is InChI=1S/C12H15N7O4/c1-2-6-8(21)12(3-20,17-18-13)23-11(6)19-5-16-7-9(19)14-4-15-10(7)22/h4-6,8,11,20-21H,2-3H2,1H3,(H,14,15,22)/t6-,8-,11+,12+/m0/s1. The van der Waals surface area contributed by atoms with E-state index in [-0.39, 0.29) is 11.2 Å². The first-order chi connectivity index (χ1) is 11.1. The molecule has 3 rings (SSSR count). The quantitative estimate of drug-likeness (QED) is 0.409. The van der Waals surface area contributed by atoms with Crippen LogP contribution < -0.4 is 5.56 Å². The number of aliphatic hydroxyl groups excluding tert-OH is 2. The van der Waals surface area contributed by atoms with Gasteiger partial charge in [0.2, 0.25) is 0 Å². The van der Waals surface area contributed by atoms with Crippen LogP contribution in [0.3, 0.4) is 0 Å². The first-order valence-electron chi connectivity index (χ1n) is 7.01. The Morgan fingerprint density at radius 1 is 1.61 bits per heavy atom. The van der Waals surface area contributed by atoms with Crippen molar-refractivity contribution in [3.63, 3.8) is 0 Å². The molecule has 0 bridgehead atoms. The monoisotopic (exact) mass is 321 g/mol. The van der Waals surface area contributed by atoms with Gasteiger partial charge in [0.15, 0.2) is 16.9 Å². The van der Waals surface area contributed by atoms with Crippen molar-refractivity contribution < 1.29 is 14.9 Å². The van der Waals surface area contributed by atoms with Crippen molar-refractivity contribution in [3.05, 3.63) is 33.5 Å². The number of nitrogens with zero attached hydrogens (tertiary/aromatic N) is 6. The zero-order valence-corrected chi connectivity index (χ0v) is 12.2. The summed E-state index contributed by atoms with van der Waals surface area (Å²) in [6, 6.07) is 0. The van der Waals surface area contributed by atoms with E-state index in [9.17, 15) is 15.0 Å². The predicted molar refractivity (Wildman–Crippen MR) is 77.0 cm³/mol. The number of aromatic amines is 1. The van der Waals surface area contributed by atoms with E-state index in [0.717, 1.165) is 0 Å². The number of fused-ring (bicyclic) bond motifs is 1. The number of H-pyrrole nitrogens is 1. The Kier molecular flexibility index (Phi) is 3.78. The third-order valence-corrected chi connectivity index (χ3v) is 4.11. The van der Waals surface area contributed by atoms with Crippen LogP contribution in [0.15, 0.2) is 22.6 Å². The Bertz CT molecular complexity index is 826. The summed E-state index contributed by atoms with van der Waals surface area (Å²) in [5.74, 6) is -0.480. The molecule has 0 spiro atoms. The second kappa shape index (κ2) is 5.63. The van der Waals surface area contributed by atoms with Gasteiger partial charge in [-0.15, -0.1) is 0 Å². The van der Waals surface area contributed by atoms with Crippen LogP contribution in [0.4, 0.5) is 0 Å². The molecule has 0 amide bonds. The minimum Gasteiger partial charge on any atom is -0.393 e. The molecular weight excluding hydrogens is 306 g/mol. The van der Waals surface area contributed by atoms with Crippen molar-refractivity contribution in [2.24, 2.45) is 11.0 Å². The molecule has 0 aliphatic carbocycles. The molecule has 2 aromatic heterocycles.